The maximum absolute atomic E-state index is 5.93. The van der Waals surface area contributed by atoms with E-state index in [0.717, 1.165) is 17.2 Å². The normalized spacial score (nSPS) is 10.5. The summed E-state index contributed by atoms with van der Waals surface area (Å²) in [5.41, 5.74) is 6.75. The van der Waals surface area contributed by atoms with Gasteiger partial charge in [0, 0.05) is 11.9 Å². The van der Waals surface area contributed by atoms with E-state index in [1.807, 2.05) is 72.8 Å². The second-order valence-electron chi connectivity index (χ2n) is 5.46. The second kappa shape index (κ2) is 6.94. The lowest BCUT2D eigenvalue weighted by atomic mass is 10.3. The summed E-state index contributed by atoms with van der Waals surface area (Å²) in [4.78, 5) is 8.44. The Hall–Kier alpha value is -3.87. The van der Waals surface area contributed by atoms with Gasteiger partial charge in [0.2, 0.25) is 11.9 Å². The maximum Gasteiger partial charge on any atom is 0.248 e. The van der Waals surface area contributed by atoms with E-state index in [9.17, 15) is 0 Å². The van der Waals surface area contributed by atoms with Gasteiger partial charge < -0.3 is 15.8 Å². The number of anilines is 3. The highest BCUT2D eigenvalue weighted by Gasteiger charge is 2.09. The molecule has 7 heteroatoms. The van der Waals surface area contributed by atoms with Gasteiger partial charge in [0.05, 0.1) is 0 Å². The molecule has 0 amide bonds. The number of nitrogens with one attached hydrogen (secondary N) is 1. The summed E-state index contributed by atoms with van der Waals surface area (Å²) >= 11 is 0. The largest absolute Gasteiger partial charge is 0.457 e. The fraction of sp³-hybridized carbons (Fsp3) is 0. The minimum Gasteiger partial charge on any atom is -0.457 e. The number of nitrogens with zero attached hydrogens (tertiary/aromatic N) is 4. The van der Waals surface area contributed by atoms with Gasteiger partial charge in [-0.25, -0.2) is 4.98 Å². The highest BCUT2D eigenvalue weighted by atomic mass is 16.5. The number of pyridine rings is 1. The molecule has 4 rings (SSSR count). The van der Waals surface area contributed by atoms with Gasteiger partial charge in [0.15, 0.2) is 5.82 Å². The van der Waals surface area contributed by atoms with Crippen LogP contribution < -0.4 is 15.8 Å². The van der Waals surface area contributed by atoms with Crippen LogP contribution in [0.15, 0.2) is 79.0 Å². The number of aromatic nitrogens is 4. The summed E-state index contributed by atoms with van der Waals surface area (Å²) in [6, 6.07) is 22.6. The van der Waals surface area contributed by atoms with Gasteiger partial charge in [0.1, 0.15) is 11.5 Å². The number of hydrogen-bond acceptors (Lipinski definition) is 6. The van der Waals surface area contributed by atoms with Crippen LogP contribution in [0.2, 0.25) is 0 Å². The lowest BCUT2D eigenvalue weighted by Gasteiger charge is -2.06. The zero-order valence-corrected chi connectivity index (χ0v) is 13.8. The summed E-state index contributed by atoms with van der Waals surface area (Å²) in [6.07, 6.45) is 1.68. The Balaban J connectivity index is 1.48. The molecule has 0 saturated heterocycles. The van der Waals surface area contributed by atoms with Crippen molar-refractivity contribution >= 4 is 17.6 Å². The van der Waals surface area contributed by atoms with Gasteiger partial charge in [-0.05, 0) is 48.5 Å². The van der Waals surface area contributed by atoms with Gasteiger partial charge in [-0.3, -0.25) is 0 Å². The standard InChI is InChI=1S/C19H16N6O/c20-18-23-19(24-25(18)17-8-4-5-13-21-17)22-14-9-11-16(12-10-14)26-15-6-2-1-3-7-15/h1-13H,(H3,20,22,23,24). The van der Waals surface area contributed by atoms with Crippen molar-refractivity contribution in [1.82, 2.24) is 19.7 Å². The van der Waals surface area contributed by atoms with Crippen LogP contribution in [-0.2, 0) is 0 Å². The fourth-order valence-corrected chi connectivity index (χ4v) is 2.38. The van der Waals surface area contributed by atoms with Crippen LogP contribution in [0.4, 0.5) is 17.6 Å². The Kier molecular flexibility index (Phi) is 4.17. The molecule has 2 heterocycles. The molecular formula is C19H16N6O. The van der Waals surface area contributed by atoms with Gasteiger partial charge in [0.25, 0.3) is 0 Å². The topological polar surface area (TPSA) is 90.9 Å². The minimum absolute atomic E-state index is 0.259. The van der Waals surface area contributed by atoms with E-state index in [2.05, 4.69) is 20.4 Å². The van der Waals surface area contributed by atoms with Crippen LogP contribution in [0.5, 0.6) is 11.5 Å². The van der Waals surface area contributed by atoms with Crippen molar-refractivity contribution in [2.24, 2.45) is 0 Å². The van der Waals surface area contributed by atoms with Crippen LogP contribution in [0, 0.1) is 0 Å². The van der Waals surface area contributed by atoms with Crippen molar-refractivity contribution in [2.45, 2.75) is 0 Å². The number of nitrogen functional groups attached to an aromatic ring is 1. The highest BCUT2D eigenvalue weighted by molar-refractivity contribution is 5.56. The van der Waals surface area contributed by atoms with Gasteiger partial charge in [-0.1, -0.05) is 24.3 Å². The lowest BCUT2D eigenvalue weighted by molar-refractivity contribution is 0.483. The average Bonchev–Trinajstić information content (AvgIpc) is 3.05. The van der Waals surface area contributed by atoms with Crippen LogP contribution in [0.3, 0.4) is 0 Å². The Labute approximate surface area is 150 Å². The van der Waals surface area contributed by atoms with Crippen molar-refractivity contribution in [1.29, 1.82) is 0 Å². The molecule has 0 spiro atoms. The molecule has 128 valence electrons. The smallest absolute Gasteiger partial charge is 0.248 e. The molecule has 0 aliphatic rings. The van der Waals surface area contributed by atoms with Gasteiger partial charge >= 0.3 is 0 Å². The molecule has 0 saturated carbocycles. The van der Waals surface area contributed by atoms with Crippen LogP contribution >= 0.6 is 0 Å². The van der Waals surface area contributed by atoms with E-state index in [0.29, 0.717) is 11.8 Å². The highest BCUT2D eigenvalue weighted by Crippen LogP contribution is 2.24. The Morgan fingerprint density at radius 3 is 2.31 bits per heavy atom. The Morgan fingerprint density at radius 2 is 1.58 bits per heavy atom. The predicted molar refractivity (Wildman–Crippen MR) is 99.8 cm³/mol. The average molecular weight is 344 g/mol. The molecule has 7 nitrogen and oxygen atoms in total. The van der Waals surface area contributed by atoms with Crippen LogP contribution in [-0.4, -0.2) is 19.7 Å². The first kappa shape index (κ1) is 15.6. The summed E-state index contributed by atoms with van der Waals surface area (Å²) in [5.74, 6) is 2.79. The molecule has 0 aliphatic heterocycles. The van der Waals surface area contributed by atoms with Crippen molar-refractivity contribution < 1.29 is 4.74 Å². The van der Waals surface area contributed by atoms with E-state index < -0.39 is 0 Å². The number of benzene rings is 2. The predicted octanol–water partition coefficient (Wildman–Crippen LogP) is 3.78. The van der Waals surface area contributed by atoms with E-state index in [4.69, 9.17) is 10.5 Å². The summed E-state index contributed by atoms with van der Waals surface area (Å²) in [7, 11) is 0. The quantitative estimate of drug-likeness (QED) is 0.572. The Bertz CT molecular complexity index is 984. The lowest BCUT2D eigenvalue weighted by Crippen LogP contribution is -2.04. The summed E-state index contributed by atoms with van der Waals surface area (Å²) in [5, 5.41) is 7.46. The van der Waals surface area contributed by atoms with E-state index >= 15 is 0 Å². The molecule has 0 fully saturated rings. The second-order valence-corrected chi connectivity index (χ2v) is 5.46. The third-order valence-corrected chi connectivity index (χ3v) is 3.59. The van der Waals surface area contributed by atoms with Crippen molar-refractivity contribution in [2.75, 3.05) is 11.1 Å². The van der Waals surface area contributed by atoms with Crippen molar-refractivity contribution in [3.8, 4) is 17.3 Å². The first-order valence-corrected chi connectivity index (χ1v) is 8.02. The molecule has 0 bridgehead atoms. The molecule has 0 unspecified atom stereocenters. The Morgan fingerprint density at radius 1 is 0.846 bits per heavy atom. The molecule has 2 aromatic heterocycles. The molecule has 4 aromatic rings. The van der Waals surface area contributed by atoms with Crippen LogP contribution in [0.1, 0.15) is 0 Å². The van der Waals surface area contributed by atoms with E-state index in [-0.39, 0.29) is 5.95 Å². The zero-order valence-electron chi connectivity index (χ0n) is 13.8. The molecule has 0 aliphatic carbocycles. The molecular weight excluding hydrogens is 328 g/mol. The summed E-state index contributed by atoms with van der Waals surface area (Å²) in [6.45, 7) is 0. The summed E-state index contributed by atoms with van der Waals surface area (Å²) < 4.78 is 7.25. The van der Waals surface area contributed by atoms with Crippen LogP contribution in [0.25, 0.3) is 5.82 Å². The molecule has 26 heavy (non-hydrogen) atoms. The third kappa shape index (κ3) is 3.46. The minimum atomic E-state index is 0.259. The molecule has 0 radical (unpaired) electrons. The molecule has 0 atom stereocenters. The van der Waals surface area contributed by atoms with Crippen molar-refractivity contribution in [3.63, 3.8) is 0 Å². The first-order valence-electron chi connectivity index (χ1n) is 8.02. The number of para-hydroxylation sites is 1. The number of ether oxygens (including phenoxy) is 1. The fourth-order valence-electron chi connectivity index (χ4n) is 2.38. The monoisotopic (exact) mass is 344 g/mol. The van der Waals surface area contributed by atoms with Crippen molar-refractivity contribution in [3.05, 3.63) is 79.0 Å². The maximum atomic E-state index is 5.93. The number of nitrogens with two attached hydrogens (primary N) is 1. The van der Waals surface area contributed by atoms with Gasteiger partial charge in [-0.2, -0.15) is 9.67 Å². The zero-order chi connectivity index (χ0) is 17.8. The number of hydrogen-bond donors (Lipinski definition) is 2. The first-order chi connectivity index (χ1) is 12.8. The van der Waals surface area contributed by atoms with Gasteiger partial charge in [-0.15, -0.1) is 5.10 Å². The van der Waals surface area contributed by atoms with E-state index in [1.165, 1.54) is 4.68 Å². The molecule has 2 aromatic carbocycles. The SMILES string of the molecule is Nc1nc(Nc2ccc(Oc3ccccc3)cc2)nn1-c1ccccn1. The molecule has 3 N–H and O–H groups in total. The van der Waals surface area contributed by atoms with E-state index in [1.54, 1.807) is 6.20 Å². The third-order valence-electron chi connectivity index (χ3n) is 3.59. The number of rotatable bonds is 5.